The molecule has 180 valence electrons. The first kappa shape index (κ1) is 22.6. The summed E-state index contributed by atoms with van der Waals surface area (Å²) in [5.41, 5.74) is 1.57. The van der Waals surface area contributed by atoms with Crippen molar-refractivity contribution in [2.24, 2.45) is 0 Å². The summed E-state index contributed by atoms with van der Waals surface area (Å²) in [4.78, 5) is 7.05. The van der Waals surface area contributed by atoms with E-state index >= 15 is 0 Å². The Morgan fingerprint density at radius 3 is 2.53 bits per heavy atom. The molecule has 2 saturated heterocycles. The van der Waals surface area contributed by atoms with Crippen molar-refractivity contribution in [1.29, 1.82) is 0 Å². The van der Waals surface area contributed by atoms with Gasteiger partial charge < -0.3 is 19.7 Å². The smallest absolute Gasteiger partial charge is 0.266 e. The number of nitrogens with zero attached hydrogens (tertiary/aromatic N) is 4. The number of aromatic nitrogens is 3. The Bertz CT molecular complexity index is 1210. The average Bonchev–Trinajstić information content (AvgIpc) is 3.07. The number of methoxy groups -OCH3 is 1. The number of morpholine rings is 1. The number of halogens is 3. The number of anilines is 2. The zero-order valence-electron chi connectivity index (χ0n) is 19.2. The van der Waals surface area contributed by atoms with E-state index < -0.39 is 23.8 Å². The van der Waals surface area contributed by atoms with Crippen LogP contribution in [0.4, 0.5) is 24.7 Å². The Kier molecular flexibility index (Phi) is 5.93. The number of benzene rings is 1. The van der Waals surface area contributed by atoms with E-state index in [1.807, 2.05) is 6.07 Å². The van der Waals surface area contributed by atoms with E-state index in [9.17, 15) is 13.2 Å². The van der Waals surface area contributed by atoms with Crippen LogP contribution in [0.3, 0.4) is 0 Å². The number of hydrogen-bond acceptors (Lipinski definition) is 7. The van der Waals surface area contributed by atoms with Gasteiger partial charge in [0.2, 0.25) is 5.88 Å². The molecule has 3 aromatic rings. The molecule has 2 aliphatic rings. The Balaban J connectivity index is 1.57. The zero-order valence-corrected chi connectivity index (χ0v) is 19.2. The summed E-state index contributed by atoms with van der Waals surface area (Å²) in [6, 6.07) is 5.82. The largest absolute Gasteiger partial charge is 0.480 e. The van der Waals surface area contributed by atoms with Crippen LogP contribution in [-0.2, 0) is 4.74 Å². The van der Waals surface area contributed by atoms with Gasteiger partial charge in [0.05, 0.1) is 49.7 Å². The van der Waals surface area contributed by atoms with Crippen LogP contribution in [0.15, 0.2) is 24.3 Å². The first-order valence-electron chi connectivity index (χ1n) is 11.3. The number of aryl methyl sites for hydroxylation is 1. The molecule has 3 atom stereocenters. The van der Waals surface area contributed by atoms with Gasteiger partial charge in [-0.2, -0.15) is 5.10 Å². The second-order valence-electron chi connectivity index (χ2n) is 8.79. The van der Waals surface area contributed by atoms with Crippen molar-refractivity contribution >= 4 is 22.4 Å². The maximum Gasteiger partial charge on any atom is 0.266 e. The van der Waals surface area contributed by atoms with E-state index in [2.05, 4.69) is 20.4 Å². The summed E-state index contributed by atoms with van der Waals surface area (Å²) in [7, 11) is 1.59. The molecule has 0 saturated carbocycles. The lowest BCUT2D eigenvalue weighted by Gasteiger charge is -2.37. The van der Waals surface area contributed by atoms with Crippen LogP contribution in [0.25, 0.3) is 10.9 Å². The number of nitrogens with one attached hydrogen (secondary N) is 1. The fourth-order valence-corrected chi connectivity index (χ4v) is 4.99. The Morgan fingerprint density at radius 2 is 1.85 bits per heavy atom. The highest BCUT2D eigenvalue weighted by atomic mass is 19.3. The molecule has 7 nitrogen and oxygen atoms in total. The van der Waals surface area contributed by atoms with E-state index in [4.69, 9.17) is 14.5 Å². The minimum absolute atomic E-state index is 0.126. The van der Waals surface area contributed by atoms with Crippen molar-refractivity contribution in [3.8, 4) is 5.88 Å². The van der Waals surface area contributed by atoms with Crippen molar-refractivity contribution in [3.05, 3.63) is 46.9 Å². The van der Waals surface area contributed by atoms with Crippen molar-refractivity contribution < 1.29 is 22.6 Å². The second-order valence-corrected chi connectivity index (χ2v) is 8.79. The minimum Gasteiger partial charge on any atom is -0.480 e. The average molecular weight is 473 g/mol. The highest BCUT2D eigenvalue weighted by Gasteiger charge is 2.39. The number of ether oxygens (including phenoxy) is 2. The van der Waals surface area contributed by atoms with Gasteiger partial charge in [-0.3, -0.25) is 0 Å². The molecule has 34 heavy (non-hydrogen) atoms. The molecule has 2 aliphatic heterocycles. The molecule has 1 aromatic carbocycles. The number of alkyl halides is 2. The Hall–Kier alpha value is -3.14. The first-order chi connectivity index (χ1) is 16.4. The molecule has 0 radical (unpaired) electrons. The lowest BCUT2D eigenvalue weighted by Crippen LogP contribution is -2.46. The summed E-state index contributed by atoms with van der Waals surface area (Å²) in [6.45, 7) is 4.79. The second kappa shape index (κ2) is 8.90. The summed E-state index contributed by atoms with van der Waals surface area (Å²) < 4.78 is 52.5. The van der Waals surface area contributed by atoms with Gasteiger partial charge in [0.15, 0.2) is 5.82 Å². The zero-order chi connectivity index (χ0) is 24.0. The first-order valence-corrected chi connectivity index (χ1v) is 11.3. The van der Waals surface area contributed by atoms with Crippen LogP contribution in [0.1, 0.15) is 49.1 Å². The van der Waals surface area contributed by atoms with Gasteiger partial charge >= 0.3 is 0 Å². The van der Waals surface area contributed by atoms with E-state index in [1.165, 1.54) is 12.1 Å². The van der Waals surface area contributed by atoms with Gasteiger partial charge in [-0.05, 0) is 32.8 Å². The van der Waals surface area contributed by atoms with Crippen molar-refractivity contribution in [1.82, 2.24) is 15.2 Å². The molecule has 1 N–H and O–H groups in total. The molecule has 0 spiro atoms. The van der Waals surface area contributed by atoms with Crippen LogP contribution in [-0.4, -0.2) is 47.6 Å². The third-order valence-electron chi connectivity index (χ3n) is 6.69. The predicted molar refractivity (Wildman–Crippen MR) is 122 cm³/mol. The third kappa shape index (κ3) is 3.79. The Labute approximate surface area is 195 Å². The van der Waals surface area contributed by atoms with Crippen LogP contribution in [0.2, 0.25) is 0 Å². The number of rotatable bonds is 6. The Morgan fingerprint density at radius 1 is 1.15 bits per heavy atom. The highest BCUT2D eigenvalue weighted by Crippen LogP contribution is 2.41. The van der Waals surface area contributed by atoms with Crippen LogP contribution < -0.4 is 15.0 Å². The topological polar surface area (TPSA) is 72.4 Å². The lowest BCUT2D eigenvalue weighted by molar-refractivity contribution is 0.0903. The summed E-state index contributed by atoms with van der Waals surface area (Å²) in [6.07, 6.45) is -0.835. The number of fused-ring (bicyclic) bond motifs is 3. The molecule has 4 heterocycles. The van der Waals surface area contributed by atoms with E-state index in [0.29, 0.717) is 41.5 Å². The van der Waals surface area contributed by atoms with E-state index in [0.717, 1.165) is 24.6 Å². The van der Waals surface area contributed by atoms with Gasteiger partial charge in [-0.1, -0.05) is 18.2 Å². The van der Waals surface area contributed by atoms with E-state index in [-0.39, 0.29) is 17.6 Å². The molecule has 10 heteroatoms. The van der Waals surface area contributed by atoms with Crippen molar-refractivity contribution in [2.45, 2.75) is 51.2 Å². The van der Waals surface area contributed by atoms with Gasteiger partial charge in [0.1, 0.15) is 17.0 Å². The van der Waals surface area contributed by atoms with Crippen LogP contribution >= 0.6 is 0 Å². The molecule has 2 fully saturated rings. The molecule has 3 unspecified atom stereocenters. The quantitative estimate of drug-likeness (QED) is 0.543. The summed E-state index contributed by atoms with van der Waals surface area (Å²) >= 11 is 0. The molecular formula is C24H26F3N5O2. The van der Waals surface area contributed by atoms with Gasteiger partial charge in [-0.15, -0.1) is 5.10 Å². The third-order valence-corrected chi connectivity index (χ3v) is 6.69. The van der Waals surface area contributed by atoms with Gasteiger partial charge in [0, 0.05) is 10.9 Å². The van der Waals surface area contributed by atoms with Crippen molar-refractivity contribution in [2.75, 3.05) is 30.5 Å². The number of hydrogen-bond donors (Lipinski definition) is 1. The standard InChI is InChI=1S/C24H26F3N5O2/c1-12(16-5-4-6-17(20(16)25)22(26)27)28-23-18-9-19(32-14-7-8-15(32)11-34-10-14)24(33-3)29-21(18)13(2)30-31-23/h4-6,9,12,14-15,22H,7-8,10-11H2,1-3H3,(H,28,31). The molecule has 0 amide bonds. The summed E-state index contributed by atoms with van der Waals surface area (Å²) in [5, 5.41) is 12.4. The molecule has 2 aromatic heterocycles. The maximum absolute atomic E-state index is 14.7. The summed E-state index contributed by atoms with van der Waals surface area (Å²) in [5.74, 6) is -0.0312. The lowest BCUT2D eigenvalue weighted by atomic mass is 10.0. The molecule has 5 rings (SSSR count). The molecule has 2 bridgehead atoms. The fourth-order valence-electron chi connectivity index (χ4n) is 4.99. The van der Waals surface area contributed by atoms with Crippen molar-refractivity contribution in [3.63, 3.8) is 0 Å². The van der Waals surface area contributed by atoms with Gasteiger partial charge in [-0.25, -0.2) is 18.2 Å². The normalized spacial score (nSPS) is 20.7. The van der Waals surface area contributed by atoms with Gasteiger partial charge in [0.25, 0.3) is 6.43 Å². The molecular weight excluding hydrogens is 447 g/mol. The maximum atomic E-state index is 14.7. The highest BCUT2D eigenvalue weighted by molar-refractivity contribution is 5.94. The predicted octanol–water partition coefficient (Wildman–Crippen LogP) is 4.96. The fraction of sp³-hybridized carbons (Fsp3) is 0.458. The molecule has 0 aliphatic carbocycles. The van der Waals surface area contributed by atoms with E-state index in [1.54, 1.807) is 21.0 Å². The minimum atomic E-state index is -2.89. The van der Waals surface area contributed by atoms with Crippen LogP contribution in [0, 0.1) is 12.7 Å². The SMILES string of the molecule is COc1nc2c(C)nnc(NC(C)c3cccc(C(F)F)c3F)c2cc1N1C2CCC1COC2. The monoisotopic (exact) mass is 473 g/mol. The van der Waals surface area contributed by atoms with Crippen LogP contribution in [0.5, 0.6) is 5.88 Å². The number of pyridine rings is 1.